The van der Waals surface area contributed by atoms with Crippen molar-refractivity contribution in [1.29, 1.82) is 0 Å². The smallest absolute Gasteiger partial charge is 0.420 e. The van der Waals surface area contributed by atoms with Crippen LogP contribution in [0.3, 0.4) is 0 Å². The molecular weight excluding hydrogens is 585 g/mol. The fourth-order valence-corrected chi connectivity index (χ4v) is 6.67. The minimum Gasteiger partial charge on any atom is -0.490 e. The lowest BCUT2D eigenvalue weighted by Gasteiger charge is -2.46. The summed E-state index contributed by atoms with van der Waals surface area (Å²) in [6.45, 7) is -0.482. The lowest BCUT2D eigenvalue weighted by atomic mass is 9.86. The summed E-state index contributed by atoms with van der Waals surface area (Å²) < 4.78 is 132. The van der Waals surface area contributed by atoms with E-state index in [4.69, 9.17) is 4.74 Å². The van der Waals surface area contributed by atoms with Gasteiger partial charge in [0.2, 0.25) is 21.3 Å². The monoisotopic (exact) mass is 612 g/mol. The zero-order valence-corrected chi connectivity index (χ0v) is 22.7. The maximum absolute atomic E-state index is 15.7. The molecule has 41 heavy (non-hydrogen) atoms. The number of rotatable bonds is 8. The topological polar surface area (TPSA) is 87.2 Å². The molecule has 226 valence electrons. The molecule has 1 N–H and O–H groups in total. The SMILES string of the molecule is CN1CC[C@]1(COc1cc2c(cc1C(F)(F)F)N(c1ccc(F)cc1)C[C@@H](CCC(C)(F)F)[C@@H](F)S2(=O)=O)C(=O)O. The number of ether oxygens (including phenoxy) is 1. The molecule has 2 aliphatic heterocycles. The summed E-state index contributed by atoms with van der Waals surface area (Å²) in [6.07, 6.45) is -6.60. The van der Waals surface area contributed by atoms with Gasteiger partial charge in [-0.15, -0.1) is 0 Å². The highest BCUT2D eigenvalue weighted by Crippen LogP contribution is 2.48. The number of carboxylic acids is 1. The zero-order valence-electron chi connectivity index (χ0n) is 21.9. The maximum Gasteiger partial charge on any atom is 0.420 e. The van der Waals surface area contributed by atoms with Crippen molar-refractivity contribution in [2.24, 2.45) is 5.92 Å². The number of carboxylic acid groups (broad SMARTS) is 1. The standard InChI is InChI=1S/C26H27F7N2O5S/c1-24(29,30)8-7-15-13-35(17-5-3-16(27)4-6-17)19-11-18(26(31,32)33)20(12-21(19)41(38,39)22(15)28)40-14-25(23(36)37)9-10-34(25)2/h3-6,11-12,15,22H,7-10,13-14H2,1-2H3,(H,36,37)/t15-,22+,25+/m1/s1. The number of hydrogen-bond donors (Lipinski definition) is 1. The number of likely N-dealkylation sites (tertiary alicyclic amines) is 1. The number of alkyl halides is 6. The van der Waals surface area contributed by atoms with Crippen LogP contribution >= 0.6 is 0 Å². The summed E-state index contributed by atoms with van der Waals surface area (Å²) in [5.74, 6) is -7.98. The second-order valence-corrected chi connectivity index (χ2v) is 12.4. The number of fused-ring (bicyclic) bond motifs is 1. The molecule has 2 aromatic carbocycles. The molecule has 4 rings (SSSR count). The Labute approximate surface area is 231 Å². The van der Waals surface area contributed by atoms with Crippen molar-refractivity contribution in [3.05, 3.63) is 47.8 Å². The molecule has 0 aromatic heterocycles. The van der Waals surface area contributed by atoms with Crippen molar-refractivity contribution in [1.82, 2.24) is 4.90 Å². The van der Waals surface area contributed by atoms with Gasteiger partial charge in [-0.2, -0.15) is 13.2 Å². The molecule has 1 fully saturated rings. The van der Waals surface area contributed by atoms with Gasteiger partial charge in [-0.25, -0.2) is 26.0 Å². The molecule has 2 heterocycles. The number of likely N-dealkylation sites (N-methyl/N-ethyl adjacent to an activating group) is 1. The largest absolute Gasteiger partial charge is 0.490 e. The molecule has 0 radical (unpaired) electrons. The summed E-state index contributed by atoms with van der Waals surface area (Å²) >= 11 is 0. The number of anilines is 2. The summed E-state index contributed by atoms with van der Waals surface area (Å²) in [6, 6.07) is 5.11. The first-order chi connectivity index (χ1) is 18.9. The van der Waals surface area contributed by atoms with Crippen LogP contribution in [0.15, 0.2) is 41.3 Å². The fraction of sp³-hybridized carbons (Fsp3) is 0.500. The molecule has 0 bridgehead atoms. The fourth-order valence-electron chi connectivity index (χ4n) is 4.96. The molecular formula is C26H27F7N2O5S. The van der Waals surface area contributed by atoms with Crippen molar-refractivity contribution in [3.8, 4) is 5.75 Å². The van der Waals surface area contributed by atoms with Crippen LogP contribution in [0, 0.1) is 11.7 Å². The van der Waals surface area contributed by atoms with E-state index in [0.717, 1.165) is 29.2 Å². The van der Waals surface area contributed by atoms with E-state index in [1.165, 1.54) is 11.9 Å². The molecule has 15 heteroatoms. The average molecular weight is 613 g/mol. The first kappa shape index (κ1) is 30.9. The molecule has 7 nitrogen and oxygen atoms in total. The van der Waals surface area contributed by atoms with Crippen LogP contribution in [0.4, 0.5) is 42.1 Å². The Kier molecular flexibility index (Phi) is 8.02. The summed E-state index contributed by atoms with van der Waals surface area (Å²) in [5, 5.41) is 9.65. The van der Waals surface area contributed by atoms with Crippen LogP contribution in [-0.4, -0.2) is 68.1 Å². The molecule has 3 atom stereocenters. The summed E-state index contributed by atoms with van der Waals surface area (Å²) in [4.78, 5) is 13.3. The van der Waals surface area contributed by atoms with Gasteiger partial charge in [-0.3, -0.25) is 9.69 Å². The van der Waals surface area contributed by atoms with Gasteiger partial charge < -0.3 is 14.7 Å². The number of carbonyl (C=O) groups is 1. The summed E-state index contributed by atoms with van der Waals surface area (Å²) in [5.41, 5.74) is -6.52. The first-order valence-electron chi connectivity index (χ1n) is 12.5. The Bertz CT molecular complexity index is 1410. The van der Waals surface area contributed by atoms with Crippen molar-refractivity contribution < 1.29 is 53.8 Å². The van der Waals surface area contributed by atoms with Gasteiger partial charge in [0.05, 0.1) is 16.1 Å². The van der Waals surface area contributed by atoms with Gasteiger partial charge in [-0.1, -0.05) is 0 Å². The first-order valence-corrected chi connectivity index (χ1v) is 14.0. The highest BCUT2D eigenvalue weighted by Gasteiger charge is 2.51. The van der Waals surface area contributed by atoms with Gasteiger partial charge in [0, 0.05) is 37.2 Å². The highest BCUT2D eigenvalue weighted by atomic mass is 32.2. The van der Waals surface area contributed by atoms with Gasteiger partial charge >= 0.3 is 12.1 Å². The molecule has 0 amide bonds. The normalized spacial score (nSPS) is 24.8. The van der Waals surface area contributed by atoms with Crippen molar-refractivity contribution in [2.75, 3.05) is 31.6 Å². The Morgan fingerprint density at radius 3 is 2.27 bits per heavy atom. The quantitative estimate of drug-likeness (QED) is 0.386. The number of nitrogens with zero attached hydrogens (tertiary/aromatic N) is 2. The van der Waals surface area contributed by atoms with Crippen LogP contribution in [0.1, 0.15) is 31.7 Å². The van der Waals surface area contributed by atoms with Crippen LogP contribution in [0.25, 0.3) is 0 Å². The van der Waals surface area contributed by atoms with Crippen molar-refractivity contribution in [2.45, 2.75) is 54.2 Å². The molecule has 0 saturated carbocycles. The number of sulfone groups is 1. The minimum absolute atomic E-state index is 0.00655. The predicted molar refractivity (Wildman–Crippen MR) is 133 cm³/mol. The summed E-state index contributed by atoms with van der Waals surface area (Å²) in [7, 11) is -3.65. The number of hydrogen-bond acceptors (Lipinski definition) is 6. The predicted octanol–water partition coefficient (Wildman–Crippen LogP) is 5.65. The van der Waals surface area contributed by atoms with Crippen LogP contribution in [-0.2, 0) is 20.8 Å². The van der Waals surface area contributed by atoms with Crippen molar-refractivity contribution in [3.63, 3.8) is 0 Å². The molecule has 2 aliphatic rings. The van der Waals surface area contributed by atoms with Crippen LogP contribution in [0.5, 0.6) is 5.75 Å². The van der Waals surface area contributed by atoms with Crippen molar-refractivity contribution >= 4 is 27.2 Å². The van der Waals surface area contributed by atoms with E-state index in [2.05, 4.69) is 0 Å². The molecule has 0 spiro atoms. The van der Waals surface area contributed by atoms with E-state index in [-0.39, 0.29) is 12.1 Å². The zero-order chi connectivity index (χ0) is 30.5. The molecule has 1 saturated heterocycles. The third-order valence-corrected chi connectivity index (χ3v) is 9.51. The van der Waals surface area contributed by atoms with E-state index >= 15 is 4.39 Å². The number of aliphatic carboxylic acids is 1. The van der Waals surface area contributed by atoms with E-state index in [0.29, 0.717) is 25.6 Å². The number of halogens is 7. The molecule has 2 aromatic rings. The Morgan fingerprint density at radius 1 is 1.15 bits per heavy atom. The van der Waals surface area contributed by atoms with Crippen LogP contribution < -0.4 is 9.64 Å². The average Bonchev–Trinajstić information content (AvgIpc) is 2.94. The minimum atomic E-state index is -5.13. The van der Waals surface area contributed by atoms with Crippen LogP contribution in [0.2, 0.25) is 0 Å². The van der Waals surface area contributed by atoms with E-state index in [9.17, 15) is 44.7 Å². The Morgan fingerprint density at radius 2 is 1.78 bits per heavy atom. The lowest BCUT2D eigenvalue weighted by Crippen LogP contribution is -2.66. The van der Waals surface area contributed by atoms with E-state index < -0.39 is 98.6 Å². The van der Waals surface area contributed by atoms with E-state index in [1.807, 2.05) is 0 Å². The van der Waals surface area contributed by atoms with Gasteiger partial charge in [0.25, 0.3) is 0 Å². The second kappa shape index (κ2) is 10.6. The lowest BCUT2D eigenvalue weighted by molar-refractivity contribution is -0.163. The van der Waals surface area contributed by atoms with Gasteiger partial charge in [0.15, 0.2) is 5.54 Å². The third kappa shape index (κ3) is 5.96. The van der Waals surface area contributed by atoms with Gasteiger partial charge in [-0.05, 0) is 57.1 Å². The number of benzene rings is 2. The third-order valence-electron chi connectivity index (χ3n) is 7.60. The Hall–Kier alpha value is -3.07. The second-order valence-electron chi connectivity index (χ2n) is 10.5. The molecule has 0 unspecified atom stereocenters. The van der Waals surface area contributed by atoms with Gasteiger partial charge in [0.1, 0.15) is 18.2 Å². The maximum atomic E-state index is 15.7. The molecule has 0 aliphatic carbocycles. The van der Waals surface area contributed by atoms with E-state index in [1.54, 1.807) is 0 Å². The Balaban J connectivity index is 1.89. The highest BCUT2D eigenvalue weighted by molar-refractivity contribution is 7.92.